The Morgan fingerprint density at radius 2 is 1.65 bits per heavy atom. The topological polar surface area (TPSA) is 112 Å². The van der Waals surface area contributed by atoms with Gasteiger partial charge in [-0.1, -0.05) is 0 Å². The second-order valence-electron chi connectivity index (χ2n) is 4.10. The summed E-state index contributed by atoms with van der Waals surface area (Å²) in [6.45, 7) is 1.68. The summed E-state index contributed by atoms with van der Waals surface area (Å²) < 4.78 is 19.8. The zero-order chi connectivity index (χ0) is 15.7. The van der Waals surface area contributed by atoms with E-state index in [0.717, 1.165) is 6.92 Å². The van der Waals surface area contributed by atoms with Gasteiger partial charge < -0.3 is 29.2 Å². The van der Waals surface area contributed by atoms with E-state index in [9.17, 15) is 14.7 Å². The van der Waals surface area contributed by atoms with Crippen LogP contribution < -0.4 is 0 Å². The minimum absolute atomic E-state index is 0.139. The van der Waals surface area contributed by atoms with Crippen LogP contribution in [0.4, 0.5) is 0 Å². The van der Waals surface area contributed by atoms with E-state index < -0.39 is 43.0 Å². The van der Waals surface area contributed by atoms with Crippen molar-refractivity contribution in [2.75, 3.05) is 27.4 Å². The highest BCUT2D eigenvalue weighted by Gasteiger charge is 2.36. The van der Waals surface area contributed by atoms with Crippen molar-refractivity contribution in [2.24, 2.45) is 0 Å². The molecule has 0 aromatic rings. The van der Waals surface area contributed by atoms with E-state index in [-0.39, 0.29) is 6.61 Å². The molecule has 20 heavy (non-hydrogen) atoms. The van der Waals surface area contributed by atoms with E-state index in [1.807, 2.05) is 0 Å². The summed E-state index contributed by atoms with van der Waals surface area (Å²) >= 11 is 0. The fraction of sp³-hybridized carbons (Fsp3) is 0.833. The maximum absolute atomic E-state index is 10.9. The average molecular weight is 294 g/mol. The maximum atomic E-state index is 10.9. The van der Waals surface area contributed by atoms with Crippen molar-refractivity contribution in [3.63, 3.8) is 0 Å². The Kier molecular flexibility index (Phi) is 9.06. The zero-order valence-electron chi connectivity index (χ0n) is 12.1. The molecule has 4 atom stereocenters. The summed E-state index contributed by atoms with van der Waals surface area (Å²) in [6.07, 6.45) is -4.22. The van der Waals surface area contributed by atoms with Crippen molar-refractivity contribution >= 4 is 11.9 Å². The normalized spacial score (nSPS) is 16.9. The van der Waals surface area contributed by atoms with Crippen LogP contribution in [0.5, 0.6) is 0 Å². The molecular formula is C12H22O8. The van der Waals surface area contributed by atoms with Crippen molar-refractivity contribution in [2.45, 2.75) is 38.3 Å². The standard InChI is InChI=1S/C12H22O8/c1-7(14)19-6-10(17-3)12(18-4)11(16)9(5-13)20-8(2)15/h9-13,16H,5-6H2,1-4H3. The lowest BCUT2D eigenvalue weighted by atomic mass is 10.0. The predicted octanol–water partition coefficient (Wildman–Crippen LogP) is -1.14. The first-order valence-electron chi connectivity index (χ1n) is 6.02. The molecular weight excluding hydrogens is 272 g/mol. The molecule has 8 heteroatoms. The van der Waals surface area contributed by atoms with Gasteiger partial charge in [0.15, 0.2) is 6.10 Å². The Bertz CT molecular complexity index is 306. The van der Waals surface area contributed by atoms with Gasteiger partial charge in [0.2, 0.25) is 0 Å². The van der Waals surface area contributed by atoms with Gasteiger partial charge >= 0.3 is 11.9 Å². The number of rotatable bonds is 9. The molecule has 0 aliphatic heterocycles. The van der Waals surface area contributed by atoms with Crippen molar-refractivity contribution in [1.82, 2.24) is 0 Å². The SMILES string of the molecule is COC(COC(C)=O)C(OC)C(O)C(CO)OC(C)=O. The van der Waals surface area contributed by atoms with Crippen LogP contribution in [0.2, 0.25) is 0 Å². The number of hydrogen-bond acceptors (Lipinski definition) is 8. The number of methoxy groups -OCH3 is 2. The molecule has 0 spiro atoms. The van der Waals surface area contributed by atoms with Gasteiger partial charge in [0, 0.05) is 28.1 Å². The Labute approximate surface area is 117 Å². The quantitative estimate of drug-likeness (QED) is 0.514. The van der Waals surface area contributed by atoms with Gasteiger partial charge in [-0.25, -0.2) is 0 Å². The molecule has 0 fully saturated rings. The molecule has 0 aromatic heterocycles. The molecule has 0 aromatic carbocycles. The average Bonchev–Trinajstić information content (AvgIpc) is 2.39. The molecule has 0 heterocycles. The van der Waals surface area contributed by atoms with Crippen LogP contribution in [-0.2, 0) is 28.5 Å². The van der Waals surface area contributed by atoms with Crippen LogP contribution in [0, 0.1) is 0 Å². The molecule has 0 aliphatic carbocycles. The molecule has 0 amide bonds. The Hall–Kier alpha value is -1.22. The Morgan fingerprint density at radius 3 is 2.00 bits per heavy atom. The smallest absolute Gasteiger partial charge is 0.303 e. The lowest BCUT2D eigenvalue weighted by molar-refractivity contribution is -0.178. The number of esters is 2. The highest BCUT2D eigenvalue weighted by molar-refractivity contribution is 5.66. The van der Waals surface area contributed by atoms with E-state index in [1.165, 1.54) is 21.1 Å². The van der Waals surface area contributed by atoms with Crippen LogP contribution in [0.25, 0.3) is 0 Å². The largest absolute Gasteiger partial charge is 0.463 e. The van der Waals surface area contributed by atoms with Gasteiger partial charge in [0.1, 0.15) is 24.9 Å². The fourth-order valence-corrected chi connectivity index (χ4v) is 1.65. The summed E-state index contributed by atoms with van der Waals surface area (Å²) in [5.41, 5.74) is 0. The van der Waals surface area contributed by atoms with Crippen LogP contribution in [0.1, 0.15) is 13.8 Å². The molecule has 118 valence electrons. The van der Waals surface area contributed by atoms with E-state index in [2.05, 4.69) is 0 Å². The van der Waals surface area contributed by atoms with Crippen molar-refractivity contribution in [3.8, 4) is 0 Å². The molecule has 0 saturated carbocycles. The molecule has 0 aliphatic rings. The zero-order valence-corrected chi connectivity index (χ0v) is 12.1. The van der Waals surface area contributed by atoms with Gasteiger partial charge in [-0.3, -0.25) is 9.59 Å². The van der Waals surface area contributed by atoms with Gasteiger partial charge in [0.25, 0.3) is 0 Å². The van der Waals surface area contributed by atoms with Gasteiger partial charge in [-0.05, 0) is 0 Å². The number of carbonyl (C=O) groups excluding carboxylic acids is 2. The second kappa shape index (κ2) is 9.65. The number of aliphatic hydroxyl groups excluding tert-OH is 2. The highest BCUT2D eigenvalue weighted by atomic mass is 16.6. The van der Waals surface area contributed by atoms with E-state index >= 15 is 0 Å². The first kappa shape index (κ1) is 18.8. The molecule has 0 rings (SSSR count). The van der Waals surface area contributed by atoms with Crippen LogP contribution in [-0.4, -0.2) is 74.0 Å². The maximum Gasteiger partial charge on any atom is 0.303 e. The second-order valence-corrected chi connectivity index (χ2v) is 4.10. The Balaban J connectivity index is 4.81. The summed E-state index contributed by atoms with van der Waals surface area (Å²) in [5.74, 6) is -1.15. The van der Waals surface area contributed by atoms with Crippen molar-refractivity contribution < 1.29 is 38.7 Å². The van der Waals surface area contributed by atoms with E-state index in [0.29, 0.717) is 0 Å². The highest BCUT2D eigenvalue weighted by Crippen LogP contribution is 2.14. The monoisotopic (exact) mass is 294 g/mol. The summed E-state index contributed by atoms with van der Waals surface area (Å²) in [5, 5.41) is 19.2. The summed E-state index contributed by atoms with van der Waals surface area (Å²) in [7, 11) is 2.67. The molecule has 4 unspecified atom stereocenters. The fourth-order valence-electron chi connectivity index (χ4n) is 1.65. The van der Waals surface area contributed by atoms with Crippen LogP contribution >= 0.6 is 0 Å². The lowest BCUT2D eigenvalue weighted by Gasteiger charge is -2.31. The lowest BCUT2D eigenvalue weighted by Crippen LogP contribution is -2.50. The third kappa shape index (κ3) is 6.29. The number of carbonyl (C=O) groups is 2. The first-order valence-corrected chi connectivity index (χ1v) is 6.02. The van der Waals surface area contributed by atoms with E-state index in [1.54, 1.807) is 0 Å². The Morgan fingerprint density at radius 1 is 1.05 bits per heavy atom. The summed E-state index contributed by atoms with van der Waals surface area (Å²) in [6, 6.07) is 0. The minimum atomic E-state index is -1.34. The third-order valence-electron chi connectivity index (χ3n) is 2.61. The minimum Gasteiger partial charge on any atom is -0.463 e. The van der Waals surface area contributed by atoms with Crippen LogP contribution in [0.3, 0.4) is 0 Å². The summed E-state index contributed by atoms with van der Waals surface area (Å²) in [4.78, 5) is 21.7. The number of ether oxygens (including phenoxy) is 4. The van der Waals surface area contributed by atoms with Gasteiger partial charge in [-0.2, -0.15) is 0 Å². The molecule has 2 N–H and O–H groups in total. The molecule has 8 nitrogen and oxygen atoms in total. The predicted molar refractivity (Wildman–Crippen MR) is 66.9 cm³/mol. The first-order chi connectivity index (χ1) is 9.37. The number of hydrogen-bond donors (Lipinski definition) is 2. The third-order valence-corrected chi connectivity index (χ3v) is 2.61. The van der Waals surface area contributed by atoms with Crippen molar-refractivity contribution in [1.29, 1.82) is 0 Å². The number of aliphatic hydroxyl groups is 2. The van der Waals surface area contributed by atoms with E-state index in [4.69, 9.17) is 24.1 Å². The van der Waals surface area contributed by atoms with Crippen molar-refractivity contribution in [3.05, 3.63) is 0 Å². The van der Waals surface area contributed by atoms with Gasteiger partial charge in [0.05, 0.1) is 6.61 Å². The van der Waals surface area contributed by atoms with Gasteiger partial charge in [-0.15, -0.1) is 0 Å². The molecule has 0 radical (unpaired) electrons. The van der Waals surface area contributed by atoms with Crippen LogP contribution in [0.15, 0.2) is 0 Å². The molecule has 0 saturated heterocycles. The molecule has 0 bridgehead atoms.